The zero-order chi connectivity index (χ0) is 13.7. The van der Waals surface area contributed by atoms with Gasteiger partial charge in [-0.05, 0) is 31.6 Å². The van der Waals surface area contributed by atoms with Gasteiger partial charge in [-0.15, -0.1) is 0 Å². The van der Waals surface area contributed by atoms with Crippen LogP contribution in [0.15, 0.2) is 12.5 Å². The smallest absolute Gasteiger partial charge is 0.272 e. The number of carbonyl (C=O) groups excluding carboxylic acids is 1. The number of aromatic nitrogens is 2. The fourth-order valence-corrected chi connectivity index (χ4v) is 3.70. The molecule has 1 aromatic rings. The molecule has 20 heavy (non-hydrogen) atoms. The van der Waals surface area contributed by atoms with Crippen LogP contribution in [0.5, 0.6) is 0 Å². The molecule has 2 saturated heterocycles. The first kappa shape index (κ1) is 12.4. The molecule has 3 fully saturated rings. The lowest BCUT2D eigenvalue weighted by atomic mass is 9.83. The summed E-state index contributed by atoms with van der Waals surface area (Å²) in [4.78, 5) is 21.3. The quantitative estimate of drug-likeness (QED) is 0.829. The number of imidazole rings is 1. The van der Waals surface area contributed by atoms with Gasteiger partial charge in [-0.2, -0.15) is 0 Å². The summed E-state index contributed by atoms with van der Waals surface area (Å²) < 4.78 is 1.82. The lowest BCUT2D eigenvalue weighted by Gasteiger charge is -2.51. The standard InChI is InChI=1S/C15H22N4O/c1-17-11-16-8-13(17)14(20)18-6-4-15(10-18)5-7-19(15)9-12-2-3-12/h8,11-12H,2-7,9-10H2,1H3/t15-/m0/s1. The van der Waals surface area contributed by atoms with Crippen molar-refractivity contribution in [1.29, 1.82) is 0 Å². The van der Waals surface area contributed by atoms with Gasteiger partial charge in [-0.25, -0.2) is 4.98 Å². The fraction of sp³-hybridized carbons (Fsp3) is 0.733. The Balaban J connectivity index is 1.45. The van der Waals surface area contributed by atoms with Crippen molar-refractivity contribution in [2.45, 2.75) is 31.2 Å². The third-order valence-electron chi connectivity index (χ3n) is 5.35. The van der Waals surface area contributed by atoms with Crippen LogP contribution in [0.25, 0.3) is 0 Å². The van der Waals surface area contributed by atoms with E-state index in [2.05, 4.69) is 9.88 Å². The Morgan fingerprint density at radius 1 is 1.40 bits per heavy atom. The summed E-state index contributed by atoms with van der Waals surface area (Å²) in [5.74, 6) is 1.08. The largest absolute Gasteiger partial charge is 0.335 e. The SMILES string of the molecule is Cn1cncc1C(=O)N1CC[C@]2(CCN2CC2CC2)C1. The molecular weight excluding hydrogens is 252 g/mol. The van der Waals surface area contributed by atoms with Gasteiger partial charge in [-0.1, -0.05) is 0 Å². The number of nitrogens with zero attached hydrogens (tertiary/aromatic N) is 4. The minimum absolute atomic E-state index is 0.139. The van der Waals surface area contributed by atoms with E-state index in [0.29, 0.717) is 11.2 Å². The lowest BCUT2D eigenvalue weighted by Crippen LogP contribution is -2.61. The van der Waals surface area contributed by atoms with Gasteiger partial charge in [0.15, 0.2) is 0 Å². The summed E-state index contributed by atoms with van der Waals surface area (Å²) >= 11 is 0. The predicted octanol–water partition coefficient (Wildman–Crippen LogP) is 1.12. The first-order valence-electron chi connectivity index (χ1n) is 7.69. The summed E-state index contributed by atoms with van der Waals surface area (Å²) in [6.45, 7) is 4.28. The molecule has 1 aromatic heterocycles. The molecule has 1 spiro atoms. The molecule has 0 N–H and O–H groups in total. The van der Waals surface area contributed by atoms with E-state index >= 15 is 0 Å². The van der Waals surface area contributed by atoms with Crippen LogP contribution in [0.3, 0.4) is 0 Å². The summed E-state index contributed by atoms with van der Waals surface area (Å²) in [5, 5.41) is 0. The molecule has 3 heterocycles. The molecule has 1 saturated carbocycles. The van der Waals surface area contributed by atoms with E-state index < -0.39 is 0 Å². The number of likely N-dealkylation sites (tertiary alicyclic amines) is 2. The Morgan fingerprint density at radius 3 is 2.80 bits per heavy atom. The van der Waals surface area contributed by atoms with Crippen LogP contribution in [-0.2, 0) is 7.05 Å². The Hall–Kier alpha value is -1.36. The molecule has 1 aliphatic carbocycles. The van der Waals surface area contributed by atoms with Crippen molar-refractivity contribution in [1.82, 2.24) is 19.4 Å². The van der Waals surface area contributed by atoms with Crippen molar-refractivity contribution in [2.24, 2.45) is 13.0 Å². The number of amides is 1. The zero-order valence-electron chi connectivity index (χ0n) is 12.1. The van der Waals surface area contributed by atoms with Crippen molar-refractivity contribution in [3.8, 4) is 0 Å². The molecule has 1 atom stereocenters. The second kappa shape index (κ2) is 4.32. The maximum absolute atomic E-state index is 12.5. The second-order valence-corrected chi connectivity index (χ2v) is 6.73. The van der Waals surface area contributed by atoms with E-state index in [1.807, 2.05) is 16.5 Å². The number of carbonyl (C=O) groups is 1. The summed E-state index contributed by atoms with van der Waals surface area (Å²) in [6, 6.07) is 0. The Labute approximate surface area is 119 Å². The molecule has 5 heteroatoms. The number of rotatable bonds is 3. The highest BCUT2D eigenvalue weighted by Gasteiger charge is 2.51. The van der Waals surface area contributed by atoms with Crippen LogP contribution in [0, 0.1) is 5.92 Å². The molecule has 0 radical (unpaired) electrons. The maximum atomic E-state index is 12.5. The summed E-state index contributed by atoms with van der Waals surface area (Å²) in [5.41, 5.74) is 1.01. The van der Waals surface area contributed by atoms with Crippen LogP contribution in [0.4, 0.5) is 0 Å². The molecule has 0 unspecified atom stereocenters. The molecule has 108 valence electrons. The van der Waals surface area contributed by atoms with Crippen molar-refractivity contribution < 1.29 is 4.79 Å². The van der Waals surface area contributed by atoms with Gasteiger partial charge in [0.05, 0.1) is 12.5 Å². The molecule has 2 aliphatic heterocycles. The average molecular weight is 274 g/mol. The van der Waals surface area contributed by atoms with Gasteiger partial charge in [-0.3, -0.25) is 9.69 Å². The Morgan fingerprint density at radius 2 is 2.20 bits per heavy atom. The third-order valence-corrected chi connectivity index (χ3v) is 5.35. The van der Waals surface area contributed by atoms with Crippen molar-refractivity contribution in [3.63, 3.8) is 0 Å². The Kier molecular flexibility index (Phi) is 2.67. The van der Waals surface area contributed by atoms with E-state index in [9.17, 15) is 4.79 Å². The predicted molar refractivity (Wildman–Crippen MR) is 75.4 cm³/mol. The van der Waals surface area contributed by atoms with E-state index in [4.69, 9.17) is 0 Å². The zero-order valence-corrected chi connectivity index (χ0v) is 12.1. The van der Waals surface area contributed by atoms with E-state index in [-0.39, 0.29) is 5.91 Å². The van der Waals surface area contributed by atoms with Gasteiger partial charge in [0.2, 0.25) is 0 Å². The van der Waals surface area contributed by atoms with E-state index in [1.165, 1.54) is 32.4 Å². The first-order valence-corrected chi connectivity index (χ1v) is 7.69. The molecule has 3 aliphatic rings. The summed E-state index contributed by atoms with van der Waals surface area (Å²) in [7, 11) is 1.88. The number of hydrogen-bond acceptors (Lipinski definition) is 3. The minimum Gasteiger partial charge on any atom is -0.335 e. The van der Waals surface area contributed by atoms with Crippen LogP contribution < -0.4 is 0 Å². The molecule has 0 bridgehead atoms. The van der Waals surface area contributed by atoms with Gasteiger partial charge < -0.3 is 9.47 Å². The topological polar surface area (TPSA) is 41.4 Å². The highest BCUT2D eigenvalue weighted by molar-refractivity contribution is 5.92. The highest BCUT2D eigenvalue weighted by Crippen LogP contribution is 2.42. The van der Waals surface area contributed by atoms with Crippen LogP contribution >= 0.6 is 0 Å². The van der Waals surface area contributed by atoms with Gasteiger partial charge in [0.25, 0.3) is 5.91 Å². The first-order chi connectivity index (χ1) is 9.68. The van der Waals surface area contributed by atoms with Gasteiger partial charge in [0, 0.05) is 38.8 Å². The molecule has 0 aromatic carbocycles. The molecule has 4 rings (SSSR count). The fourth-order valence-electron chi connectivity index (χ4n) is 3.70. The third kappa shape index (κ3) is 1.87. The highest BCUT2D eigenvalue weighted by atomic mass is 16.2. The van der Waals surface area contributed by atoms with Crippen molar-refractivity contribution in [3.05, 3.63) is 18.2 Å². The van der Waals surface area contributed by atoms with Crippen molar-refractivity contribution in [2.75, 3.05) is 26.2 Å². The Bertz CT molecular complexity index is 536. The monoisotopic (exact) mass is 274 g/mol. The lowest BCUT2D eigenvalue weighted by molar-refractivity contribution is -0.00937. The van der Waals surface area contributed by atoms with Crippen LogP contribution in [0.1, 0.15) is 36.2 Å². The average Bonchev–Trinajstić information content (AvgIpc) is 2.97. The second-order valence-electron chi connectivity index (χ2n) is 6.73. The maximum Gasteiger partial charge on any atom is 0.272 e. The van der Waals surface area contributed by atoms with Gasteiger partial charge >= 0.3 is 0 Å². The van der Waals surface area contributed by atoms with Crippen molar-refractivity contribution >= 4 is 5.91 Å². The minimum atomic E-state index is 0.139. The number of hydrogen-bond donors (Lipinski definition) is 0. The molecular formula is C15H22N4O. The van der Waals surface area contributed by atoms with Gasteiger partial charge in [0.1, 0.15) is 5.69 Å². The van der Waals surface area contributed by atoms with Crippen LogP contribution in [-0.4, -0.2) is 57.0 Å². The van der Waals surface area contributed by atoms with E-state index in [1.54, 1.807) is 12.5 Å². The summed E-state index contributed by atoms with van der Waals surface area (Å²) in [6.07, 6.45) is 8.59. The number of aryl methyl sites for hydroxylation is 1. The molecule has 1 amide bonds. The normalized spacial score (nSPS) is 29.9. The molecule has 5 nitrogen and oxygen atoms in total. The van der Waals surface area contributed by atoms with E-state index in [0.717, 1.165) is 25.4 Å². The van der Waals surface area contributed by atoms with Crippen LogP contribution in [0.2, 0.25) is 0 Å².